The van der Waals surface area contributed by atoms with Gasteiger partial charge in [-0.2, -0.15) is 0 Å². The molecular weight excluding hydrogens is 455 g/mol. The smallest absolute Gasteiger partial charge is 0.251 e. The first kappa shape index (κ1) is 29.5. The van der Waals surface area contributed by atoms with Crippen molar-refractivity contribution in [1.82, 2.24) is 21.0 Å². The Kier molecular flexibility index (Phi) is 14.0. The lowest BCUT2D eigenvalue weighted by atomic mass is 10.00. The normalized spacial score (nSPS) is 14.3. The van der Waals surface area contributed by atoms with E-state index in [0.29, 0.717) is 18.4 Å². The van der Waals surface area contributed by atoms with E-state index in [1.807, 2.05) is 13.8 Å². The van der Waals surface area contributed by atoms with Gasteiger partial charge in [0.25, 0.3) is 5.91 Å². The van der Waals surface area contributed by atoms with Crippen LogP contribution in [0.4, 0.5) is 0 Å². The van der Waals surface area contributed by atoms with Crippen molar-refractivity contribution in [2.45, 2.75) is 77.5 Å². The zero-order valence-electron chi connectivity index (χ0n) is 20.3. The molecule has 1 aromatic rings. The van der Waals surface area contributed by atoms with Crippen molar-refractivity contribution in [2.75, 3.05) is 6.54 Å². The number of aliphatic hydroxyl groups is 1. The third-order valence-electron chi connectivity index (χ3n) is 5.53. The van der Waals surface area contributed by atoms with Gasteiger partial charge >= 0.3 is 0 Å². The van der Waals surface area contributed by atoms with Crippen molar-refractivity contribution in [3.63, 3.8) is 0 Å². The topological polar surface area (TPSA) is 137 Å². The summed E-state index contributed by atoms with van der Waals surface area (Å²) in [6.45, 7) is 5.39. The summed E-state index contributed by atoms with van der Waals surface area (Å²) >= 11 is 0. The van der Waals surface area contributed by atoms with Crippen LogP contribution in [-0.4, -0.2) is 47.4 Å². The number of amides is 4. The molecule has 0 bridgehead atoms. The van der Waals surface area contributed by atoms with Crippen molar-refractivity contribution >= 4 is 33.0 Å². The quantitative estimate of drug-likeness (QED) is 0.187. The molecular formula is C24H39N4O5P. The van der Waals surface area contributed by atoms with Gasteiger partial charge in [-0.3, -0.25) is 19.2 Å². The highest BCUT2D eigenvalue weighted by molar-refractivity contribution is 7.15. The van der Waals surface area contributed by atoms with Gasteiger partial charge in [0, 0.05) is 5.92 Å². The van der Waals surface area contributed by atoms with Crippen LogP contribution in [0.5, 0.6) is 0 Å². The van der Waals surface area contributed by atoms with Crippen LogP contribution < -0.4 is 21.0 Å². The number of rotatable bonds is 15. The minimum atomic E-state index is -1.50. The fourth-order valence-corrected chi connectivity index (χ4v) is 3.64. The molecule has 190 valence electrons. The maximum absolute atomic E-state index is 12.5. The second kappa shape index (κ2) is 16.2. The van der Waals surface area contributed by atoms with E-state index in [-0.39, 0.29) is 11.8 Å². The summed E-state index contributed by atoms with van der Waals surface area (Å²) in [5.74, 6) is -2.21. The predicted molar refractivity (Wildman–Crippen MR) is 134 cm³/mol. The molecule has 0 fully saturated rings. The van der Waals surface area contributed by atoms with Crippen molar-refractivity contribution < 1.29 is 24.3 Å². The molecule has 0 spiro atoms. The first-order chi connectivity index (χ1) is 16.2. The van der Waals surface area contributed by atoms with E-state index in [1.54, 1.807) is 30.3 Å². The van der Waals surface area contributed by atoms with Crippen molar-refractivity contribution in [2.24, 2.45) is 5.92 Å². The fourth-order valence-electron chi connectivity index (χ4n) is 3.47. The molecule has 0 saturated heterocycles. The summed E-state index contributed by atoms with van der Waals surface area (Å²) in [5.41, 5.74) is 0.584. The second-order valence-electron chi connectivity index (χ2n) is 8.38. The second-order valence-corrected chi connectivity index (χ2v) is 8.67. The third-order valence-corrected chi connectivity index (χ3v) is 5.82. The highest BCUT2D eigenvalue weighted by atomic mass is 31.0. The number of hydrogen-bond acceptors (Lipinski definition) is 5. The highest BCUT2D eigenvalue weighted by Crippen LogP contribution is 2.14. The minimum absolute atomic E-state index is 0.201. The summed E-state index contributed by atoms with van der Waals surface area (Å²) in [4.78, 5) is 49.6. The maximum Gasteiger partial charge on any atom is 0.251 e. The van der Waals surface area contributed by atoms with Crippen LogP contribution in [0.1, 0.15) is 70.9 Å². The lowest BCUT2D eigenvalue weighted by Crippen LogP contribution is -2.53. The van der Waals surface area contributed by atoms with Gasteiger partial charge in [0.05, 0.1) is 12.6 Å². The van der Waals surface area contributed by atoms with Crippen LogP contribution in [0.15, 0.2) is 30.3 Å². The number of hydrogen-bond donors (Lipinski definition) is 5. The lowest BCUT2D eigenvalue weighted by Gasteiger charge is -2.25. The average Bonchev–Trinajstić information content (AvgIpc) is 2.85. The Balaban J connectivity index is 2.66. The average molecular weight is 495 g/mol. The van der Waals surface area contributed by atoms with Crippen LogP contribution in [0, 0.1) is 5.92 Å². The molecule has 0 radical (unpaired) electrons. The molecule has 0 aliphatic rings. The predicted octanol–water partition coefficient (Wildman–Crippen LogP) is 1.73. The van der Waals surface area contributed by atoms with E-state index in [1.165, 1.54) is 0 Å². The third kappa shape index (κ3) is 10.2. The molecule has 3 unspecified atom stereocenters. The molecule has 5 N–H and O–H groups in total. The monoisotopic (exact) mass is 494 g/mol. The van der Waals surface area contributed by atoms with Crippen molar-refractivity contribution in [1.29, 1.82) is 0 Å². The summed E-state index contributed by atoms with van der Waals surface area (Å²) in [6.07, 6.45) is 3.37. The molecule has 1 aromatic carbocycles. The maximum atomic E-state index is 12.5. The molecule has 0 heterocycles. The van der Waals surface area contributed by atoms with Gasteiger partial charge in [0.2, 0.25) is 17.7 Å². The van der Waals surface area contributed by atoms with E-state index in [2.05, 4.69) is 37.4 Å². The molecule has 0 aliphatic heterocycles. The summed E-state index contributed by atoms with van der Waals surface area (Å²) < 4.78 is 0. The molecule has 34 heavy (non-hydrogen) atoms. The van der Waals surface area contributed by atoms with Crippen molar-refractivity contribution in [3.8, 4) is 0 Å². The van der Waals surface area contributed by atoms with Gasteiger partial charge in [-0.05, 0) is 27.8 Å². The summed E-state index contributed by atoms with van der Waals surface area (Å²) in [7, 11) is 2.09. The summed E-state index contributed by atoms with van der Waals surface area (Å²) in [6, 6.07) is 7.00. The van der Waals surface area contributed by atoms with E-state index < -0.39 is 42.5 Å². The van der Waals surface area contributed by atoms with Gasteiger partial charge in [0.15, 0.2) is 6.10 Å². The SMILES string of the molecule is CCCCC[C@H](C)C(=O)NC(CCC)C(O)C(=O)NCC(=O)N[C@H](C(=O)NP)c1ccccc1. The summed E-state index contributed by atoms with van der Waals surface area (Å²) in [5, 5.41) is 20.7. The van der Waals surface area contributed by atoms with E-state index >= 15 is 0 Å². The van der Waals surface area contributed by atoms with Crippen LogP contribution >= 0.6 is 9.39 Å². The van der Waals surface area contributed by atoms with Crippen LogP contribution in [0.3, 0.4) is 0 Å². The van der Waals surface area contributed by atoms with Gasteiger partial charge in [-0.25, -0.2) is 0 Å². The minimum Gasteiger partial charge on any atom is -0.381 e. The zero-order chi connectivity index (χ0) is 25.5. The Morgan fingerprint density at radius 2 is 1.59 bits per heavy atom. The number of carbonyl (C=O) groups excluding carboxylic acids is 4. The first-order valence-corrected chi connectivity index (χ1v) is 12.4. The standard InChI is InChI=1S/C24H39N4O5P/c1-4-6-8-12-16(3)22(31)26-18(11-5-2)21(30)24(33)25-15-19(29)27-20(23(32)28-34)17-13-9-7-10-14-17/h7,9-10,13-14,16,18,20-21,30H,4-6,8,11-12,15,34H2,1-3H3,(H,25,33)(H,26,31)(H,27,29)(H,28,32)/t16-,18?,20-,21?/m0/s1. The molecule has 0 aliphatic carbocycles. The zero-order valence-corrected chi connectivity index (χ0v) is 21.5. The van der Waals surface area contributed by atoms with E-state index in [4.69, 9.17) is 0 Å². The van der Waals surface area contributed by atoms with Crippen LogP contribution in [0.2, 0.25) is 0 Å². The molecule has 9 nitrogen and oxygen atoms in total. The Hall–Kier alpha value is -2.51. The van der Waals surface area contributed by atoms with Gasteiger partial charge in [0.1, 0.15) is 6.04 Å². The highest BCUT2D eigenvalue weighted by Gasteiger charge is 2.29. The number of carbonyl (C=O) groups is 4. The fraction of sp³-hybridized carbons (Fsp3) is 0.583. The van der Waals surface area contributed by atoms with Crippen LogP contribution in [0.25, 0.3) is 0 Å². The van der Waals surface area contributed by atoms with Gasteiger partial charge in [-0.15, -0.1) is 0 Å². The first-order valence-electron chi connectivity index (χ1n) is 11.9. The van der Waals surface area contributed by atoms with Crippen LogP contribution in [-0.2, 0) is 19.2 Å². The lowest BCUT2D eigenvalue weighted by molar-refractivity contribution is -0.135. The Bertz CT molecular complexity index is 793. The molecule has 0 saturated carbocycles. The number of unbranched alkanes of at least 4 members (excludes halogenated alkanes) is 2. The number of aliphatic hydroxyl groups excluding tert-OH is 1. The largest absolute Gasteiger partial charge is 0.381 e. The Morgan fingerprint density at radius 3 is 2.18 bits per heavy atom. The van der Waals surface area contributed by atoms with E-state index in [0.717, 1.165) is 25.7 Å². The molecule has 4 amide bonds. The molecule has 5 atom stereocenters. The van der Waals surface area contributed by atoms with Crippen molar-refractivity contribution in [3.05, 3.63) is 35.9 Å². The molecule has 1 rings (SSSR count). The number of nitrogens with one attached hydrogen (secondary N) is 4. The van der Waals surface area contributed by atoms with E-state index in [9.17, 15) is 24.3 Å². The molecule has 0 aromatic heterocycles. The number of benzene rings is 1. The van der Waals surface area contributed by atoms with Gasteiger partial charge < -0.3 is 26.1 Å². The Morgan fingerprint density at radius 1 is 0.912 bits per heavy atom. The Labute approximate surface area is 204 Å². The van der Waals surface area contributed by atoms with Gasteiger partial charge in [-0.1, -0.05) is 76.8 Å². The molecule has 10 heteroatoms.